The summed E-state index contributed by atoms with van der Waals surface area (Å²) in [4.78, 5) is 1.94. The molecule has 0 bridgehead atoms. The Morgan fingerprint density at radius 3 is 2.32 bits per heavy atom. The van der Waals surface area contributed by atoms with Crippen LogP contribution in [-0.2, 0) is 9.09 Å². The van der Waals surface area contributed by atoms with Gasteiger partial charge in [-0.05, 0) is 60.9 Å². The fourth-order valence-electron chi connectivity index (χ4n) is 4.52. The van der Waals surface area contributed by atoms with E-state index in [4.69, 9.17) is 4.52 Å². The van der Waals surface area contributed by atoms with Crippen LogP contribution >= 0.6 is 7.37 Å². The minimum absolute atomic E-state index is 0.00692. The van der Waals surface area contributed by atoms with Crippen LogP contribution in [0.2, 0.25) is 0 Å². The van der Waals surface area contributed by atoms with Crippen molar-refractivity contribution in [2.24, 2.45) is 17.8 Å². The molecule has 0 unspecified atom stereocenters. The zero-order valence-corrected chi connectivity index (χ0v) is 20.1. The van der Waals surface area contributed by atoms with Crippen LogP contribution in [0.1, 0.15) is 51.4 Å². The van der Waals surface area contributed by atoms with Crippen molar-refractivity contribution in [3.63, 3.8) is 0 Å². The third-order valence-corrected chi connectivity index (χ3v) is 9.01. The highest BCUT2D eigenvalue weighted by atomic mass is 31.2. The van der Waals surface area contributed by atoms with Crippen molar-refractivity contribution in [1.29, 1.82) is 0 Å². The predicted octanol–water partition coefficient (Wildman–Crippen LogP) is 5.96. The lowest BCUT2D eigenvalue weighted by molar-refractivity contribution is 0.0425. The molecule has 1 aliphatic carbocycles. The zero-order valence-electron chi connectivity index (χ0n) is 19.2. The molecule has 1 aliphatic rings. The average molecular weight is 448 g/mol. The highest BCUT2D eigenvalue weighted by molar-refractivity contribution is 7.67. The molecule has 0 aliphatic heterocycles. The van der Waals surface area contributed by atoms with E-state index in [9.17, 15) is 14.1 Å². The lowest BCUT2D eigenvalue weighted by Gasteiger charge is -2.40. The number of benzene rings is 2. The SMILES string of the molecule is CC(C)[C@H]1CC[C@@H](C)C[C@H]1O[P@@](=O)(c1ccc(N(C)C)cc1)[C@@H](O)c1ccccc1F. The van der Waals surface area contributed by atoms with Gasteiger partial charge in [-0.2, -0.15) is 0 Å². The molecule has 4 nitrogen and oxygen atoms in total. The number of hydrogen-bond donors (Lipinski definition) is 1. The van der Waals surface area contributed by atoms with E-state index in [0.717, 1.165) is 24.9 Å². The van der Waals surface area contributed by atoms with Crippen LogP contribution in [0, 0.1) is 23.6 Å². The summed E-state index contributed by atoms with van der Waals surface area (Å²) in [6, 6.07) is 13.1. The second kappa shape index (κ2) is 9.85. The molecular formula is C25H35FNO3P. The predicted molar refractivity (Wildman–Crippen MR) is 126 cm³/mol. The van der Waals surface area contributed by atoms with Gasteiger partial charge in [0.1, 0.15) is 5.82 Å². The van der Waals surface area contributed by atoms with Crippen molar-refractivity contribution < 1.29 is 18.6 Å². The fourth-order valence-corrected chi connectivity index (χ4v) is 6.83. The molecule has 0 heterocycles. The van der Waals surface area contributed by atoms with E-state index in [1.54, 1.807) is 24.3 Å². The van der Waals surface area contributed by atoms with Gasteiger partial charge in [0.2, 0.25) is 0 Å². The Morgan fingerprint density at radius 1 is 1.10 bits per heavy atom. The second-order valence-electron chi connectivity index (χ2n) is 9.37. The smallest absolute Gasteiger partial charge is 0.264 e. The number of anilines is 1. The van der Waals surface area contributed by atoms with Gasteiger partial charge in [0.15, 0.2) is 5.85 Å². The maximum absolute atomic E-state index is 14.6. The van der Waals surface area contributed by atoms with Gasteiger partial charge in [-0.15, -0.1) is 0 Å². The van der Waals surface area contributed by atoms with Gasteiger partial charge >= 0.3 is 0 Å². The molecule has 0 radical (unpaired) electrons. The Morgan fingerprint density at radius 2 is 1.74 bits per heavy atom. The van der Waals surface area contributed by atoms with E-state index in [0.29, 0.717) is 17.1 Å². The Balaban J connectivity index is 2.05. The Kier molecular flexibility index (Phi) is 7.62. The second-order valence-corrected chi connectivity index (χ2v) is 11.8. The normalized spacial score (nSPS) is 24.6. The molecule has 5 atom stereocenters. The van der Waals surface area contributed by atoms with E-state index >= 15 is 0 Å². The van der Waals surface area contributed by atoms with Crippen LogP contribution in [0.5, 0.6) is 0 Å². The van der Waals surface area contributed by atoms with E-state index in [2.05, 4.69) is 20.8 Å². The summed E-state index contributed by atoms with van der Waals surface area (Å²) in [5, 5.41) is 11.6. The number of aliphatic hydroxyl groups is 1. The maximum atomic E-state index is 14.6. The molecule has 170 valence electrons. The van der Waals surface area contributed by atoms with E-state index in [1.807, 2.05) is 31.1 Å². The Bertz CT molecular complexity index is 915. The van der Waals surface area contributed by atoms with Gasteiger partial charge in [-0.25, -0.2) is 4.39 Å². The highest BCUT2D eigenvalue weighted by Crippen LogP contribution is 2.60. The lowest BCUT2D eigenvalue weighted by Crippen LogP contribution is -2.35. The van der Waals surface area contributed by atoms with Crippen LogP contribution in [0.4, 0.5) is 10.1 Å². The minimum atomic E-state index is -3.84. The van der Waals surface area contributed by atoms with E-state index < -0.39 is 19.0 Å². The largest absolute Gasteiger partial charge is 0.378 e. The minimum Gasteiger partial charge on any atom is -0.378 e. The Labute approximate surface area is 185 Å². The van der Waals surface area contributed by atoms with Gasteiger partial charge in [0, 0.05) is 30.7 Å². The van der Waals surface area contributed by atoms with Crippen LogP contribution < -0.4 is 10.2 Å². The van der Waals surface area contributed by atoms with Gasteiger partial charge in [-0.1, -0.05) is 45.4 Å². The number of hydrogen-bond acceptors (Lipinski definition) is 4. The molecular weight excluding hydrogens is 412 g/mol. The summed E-state index contributed by atoms with van der Waals surface area (Å²) < 4.78 is 35.4. The fraction of sp³-hybridized carbons (Fsp3) is 0.520. The molecule has 0 spiro atoms. The van der Waals surface area contributed by atoms with Crippen molar-refractivity contribution in [3.8, 4) is 0 Å². The highest BCUT2D eigenvalue weighted by Gasteiger charge is 2.43. The van der Waals surface area contributed by atoms with Crippen LogP contribution in [0.25, 0.3) is 0 Å². The van der Waals surface area contributed by atoms with Crippen molar-refractivity contribution in [3.05, 3.63) is 59.9 Å². The molecule has 3 rings (SSSR count). The number of halogens is 1. The van der Waals surface area contributed by atoms with Gasteiger partial charge in [-0.3, -0.25) is 4.57 Å². The summed E-state index contributed by atoms with van der Waals surface area (Å²) in [5.41, 5.74) is 0.953. The molecule has 0 aromatic heterocycles. The third kappa shape index (κ3) is 5.22. The average Bonchev–Trinajstić information content (AvgIpc) is 2.73. The summed E-state index contributed by atoms with van der Waals surface area (Å²) in [7, 11) is 0.0164. The molecule has 1 saturated carbocycles. The Hall–Kier alpha value is -1.68. The van der Waals surface area contributed by atoms with Crippen molar-refractivity contribution in [2.75, 3.05) is 19.0 Å². The molecule has 6 heteroatoms. The molecule has 31 heavy (non-hydrogen) atoms. The van der Waals surface area contributed by atoms with Crippen molar-refractivity contribution in [2.45, 2.75) is 52.0 Å². The summed E-state index contributed by atoms with van der Waals surface area (Å²) >= 11 is 0. The first-order valence-corrected chi connectivity index (χ1v) is 12.8. The van der Waals surface area contributed by atoms with Crippen LogP contribution in [-0.4, -0.2) is 25.3 Å². The quantitative estimate of drug-likeness (QED) is 0.532. The van der Waals surface area contributed by atoms with E-state index in [1.165, 1.54) is 12.1 Å². The summed E-state index contributed by atoms with van der Waals surface area (Å²) in [5.74, 6) is -1.08. The van der Waals surface area contributed by atoms with Gasteiger partial charge in [0.25, 0.3) is 7.37 Å². The molecule has 1 N–H and O–H groups in total. The van der Waals surface area contributed by atoms with Gasteiger partial charge < -0.3 is 14.5 Å². The van der Waals surface area contributed by atoms with E-state index in [-0.39, 0.29) is 17.6 Å². The number of nitrogens with zero attached hydrogens (tertiary/aromatic N) is 1. The molecule has 2 aromatic rings. The van der Waals surface area contributed by atoms with Crippen LogP contribution in [0.15, 0.2) is 48.5 Å². The first-order valence-electron chi connectivity index (χ1n) is 11.1. The molecule has 1 fully saturated rings. The molecule has 0 amide bonds. The van der Waals surface area contributed by atoms with Crippen molar-refractivity contribution >= 4 is 18.4 Å². The number of rotatable bonds is 7. The summed E-state index contributed by atoms with van der Waals surface area (Å²) in [6.45, 7) is 6.49. The standard InChI is InChI=1S/C25H35FNO3P/c1-17(2)21-15-10-18(3)16-24(21)30-31(29,20-13-11-19(12-14-20)27(4)5)25(28)22-8-6-7-9-23(22)26/h6-9,11-14,17-18,21,24-25,28H,10,15-16H2,1-5H3/t18-,21-,24-,25-,31+/m1/s1. The first-order chi connectivity index (χ1) is 14.6. The topological polar surface area (TPSA) is 49.8 Å². The monoisotopic (exact) mass is 447 g/mol. The maximum Gasteiger partial charge on any atom is 0.264 e. The lowest BCUT2D eigenvalue weighted by atomic mass is 9.75. The summed E-state index contributed by atoms with van der Waals surface area (Å²) in [6.07, 6.45) is 2.65. The van der Waals surface area contributed by atoms with Crippen LogP contribution in [0.3, 0.4) is 0 Å². The first kappa shape index (κ1) is 24.0. The van der Waals surface area contributed by atoms with Gasteiger partial charge in [0.05, 0.1) is 6.10 Å². The number of aliphatic hydroxyl groups excluding tert-OH is 1. The zero-order chi connectivity index (χ0) is 22.8. The molecule has 2 aromatic carbocycles. The molecule has 0 saturated heterocycles. The third-order valence-electron chi connectivity index (χ3n) is 6.48. The van der Waals surface area contributed by atoms with Crippen molar-refractivity contribution in [1.82, 2.24) is 0 Å².